The molecule has 0 radical (unpaired) electrons. The van der Waals surface area contributed by atoms with Gasteiger partial charge in [-0.05, 0) is 25.9 Å². The van der Waals surface area contributed by atoms with Gasteiger partial charge in [0.1, 0.15) is 0 Å². The van der Waals surface area contributed by atoms with Crippen molar-refractivity contribution in [3.05, 3.63) is 0 Å². The monoisotopic (exact) mass is 192 g/mol. The molecule has 12 heavy (non-hydrogen) atoms. The van der Waals surface area contributed by atoms with E-state index in [1.54, 1.807) is 0 Å². The Labute approximate surface area is 75.4 Å². The van der Waals surface area contributed by atoms with Gasteiger partial charge in [-0.1, -0.05) is 0 Å². The van der Waals surface area contributed by atoms with Gasteiger partial charge in [-0.3, -0.25) is 0 Å². The van der Waals surface area contributed by atoms with Gasteiger partial charge in [-0.2, -0.15) is 0 Å². The molecule has 1 aliphatic heterocycles. The van der Waals surface area contributed by atoms with Crippen LogP contribution in [0.25, 0.3) is 0 Å². The molecule has 5 heteroatoms. The first-order valence-electron chi connectivity index (χ1n) is 4.24. The summed E-state index contributed by atoms with van der Waals surface area (Å²) in [5, 5.41) is 0. The predicted octanol–water partition coefficient (Wildman–Crippen LogP) is -0.369. The number of likely N-dealkylation sites (tertiary alicyclic amines) is 1. The Kier molecular flexibility index (Phi) is 4.14. The van der Waals surface area contributed by atoms with Gasteiger partial charge in [0.15, 0.2) is 11.1 Å². The maximum absolute atomic E-state index is 10.4. The van der Waals surface area contributed by atoms with Crippen LogP contribution in [-0.2, 0) is 11.1 Å². The second-order valence-electron chi connectivity index (χ2n) is 3.20. The molecule has 3 N–H and O–H groups in total. The van der Waals surface area contributed by atoms with Gasteiger partial charge in [-0.15, -0.1) is 0 Å². The summed E-state index contributed by atoms with van der Waals surface area (Å²) < 4.78 is 18.9. The SMILES string of the molecule is NC1CCN(CCS(=O)O)CC1. The third-order valence-corrected chi connectivity index (χ3v) is 2.75. The lowest BCUT2D eigenvalue weighted by atomic mass is 10.1. The van der Waals surface area contributed by atoms with Crippen molar-refractivity contribution in [2.75, 3.05) is 25.4 Å². The fourth-order valence-corrected chi connectivity index (χ4v) is 1.80. The average molecular weight is 192 g/mol. The second kappa shape index (κ2) is 4.91. The van der Waals surface area contributed by atoms with Crippen molar-refractivity contribution in [3.63, 3.8) is 0 Å². The molecule has 0 aliphatic carbocycles. The van der Waals surface area contributed by atoms with E-state index in [-0.39, 0.29) is 0 Å². The minimum Gasteiger partial charge on any atom is -0.328 e. The standard InChI is InChI=1S/C7H16N2O2S/c8-7-1-3-9(4-2-7)5-6-12(10)11/h7H,1-6,8H2,(H,10,11). The zero-order valence-electron chi connectivity index (χ0n) is 7.11. The minimum atomic E-state index is -1.65. The van der Waals surface area contributed by atoms with Gasteiger partial charge >= 0.3 is 0 Å². The molecule has 72 valence electrons. The molecule has 1 heterocycles. The summed E-state index contributed by atoms with van der Waals surface area (Å²) >= 11 is -1.65. The van der Waals surface area contributed by atoms with Crippen LogP contribution in [0.1, 0.15) is 12.8 Å². The van der Waals surface area contributed by atoms with Crippen molar-refractivity contribution >= 4 is 11.1 Å². The molecule has 1 aliphatic rings. The molecule has 1 unspecified atom stereocenters. The Morgan fingerprint density at radius 2 is 2.08 bits per heavy atom. The van der Waals surface area contributed by atoms with Gasteiger partial charge in [0.05, 0.1) is 5.75 Å². The summed E-state index contributed by atoms with van der Waals surface area (Å²) in [6, 6.07) is 0.334. The molecule has 0 aromatic carbocycles. The van der Waals surface area contributed by atoms with Crippen LogP contribution in [0.2, 0.25) is 0 Å². The van der Waals surface area contributed by atoms with Crippen LogP contribution in [0.4, 0.5) is 0 Å². The summed E-state index contributed by atoms with van der Waals surface area (Å²) in [5.74, 6) is 0.356. The highest BCUT2D eigenvalue weighted by atomic mass is 32.2. The van der Waals surface area contributed by atoms with Gasteiger partial charge in [0.2, 0.25) is 0 Å². The Morgan fingerprint density at radius 1 is 1.50 bits per heavy atom. The Morgan fingerprint density at radius 3 is 2.58 bits per heavy atom. The van der Waals surface area contributed by atoms with Crippen molar-refractivity contribution in [2.24, 2.45) is 5.73 Å². The zero-order valence-corrected chi connectivity index (χ0v) is 7.92. The van der Waals surface area contributed by atoms with Crippen molar-refractivity contribution < 1.29 is 8.76 Å². The molecule has 0 spiro atoms. The third-order valence-electron chi connectivity index (χ3n) is 2.21. The lowest BCUT2D eigenvalue weighted by Gasteiger charge is -2.29. The summed E-state index contributed by atoms with van der Waals surface area (Å²) in [4.78, 5) is 2.19. The smallest absolute Gasteiger partial charge is 0.154 e. The molecule has 0 saturated carbocycles. The molecule has 0 amide bonds. The van der Waals surface area contributed by atoms with Crippen LogP contribution < -0.4 is 5.73 Å². The first-order chi connectivity index (χ1) is 5.68. The number of rotatable bonds is 3. The summed E-state index contributed by atoms with van der Waals surface area (Å²) in [6.07, 6.45) is 2.02. The largest absolute Gasteiger partial charge is 0.328 e. The van der Waals surface area contributed by atoms with E-state index in [4.69, 9.17) is 10.3 Å². The molecule has 1 rings (SSSR count). The topological polar surface area (TPSA) is 66.6 Å². The molecule has 1 atom stereocenters. The van der Waals surface area contributed by atoms with Crippen LogP contribution in [0.3, 0.4) is 0 Å². The van der Waals surface area contributed by atoms with E-state index >= 15 is 0 Å². The molecule has 0 aromatic rings. The van der Waals surface area contributed by atoms with E-state index in [0.717, 1.165) is 32.5 Å². The van der Waals surface area contributed by atoms with Crippen molar-refractivity contribution in [2.45, 2.75) is 18.9 Å². The fraction of sp³-hybridized carbons (Fsp3) is 1.00. The maximum Gasteiger partial charge on any atom is 0.154 e. The van der Waals surface area contributed by atoms with Crippen molar-refractivity contribution in [1.82, 2.24) is 4.90 Å². The fourth-order valence-electron chi connectivity index (χ4n) is 1.38. The molecule has 1 fully saturated rings. The Bertz CT molecular complexity index is 157. The Hall–Kier alpha value is 0.0300. The van der Waals surface area contributed by atoms with E-state index in [2.05, 4.69) is 4.90 Å². The van der Waals surface area contributed by atoms with E-state index in [9.17, 15) is 4.21 Å². The van der Waals surface area contributed by atoms with Crippen LogP contribution in [0, 0.1) is 0 Å². The molecular formula is C7H16N2O2S. The van der Waals surface area contributed by atoms with E-state index in [1.807, 2.05) is 0 Å². The number of piperidine rings is 1. The van der Waals surface area contributed by atoms with Crippen molar-refractivity contribution in [3.8, 4) is 0 Å². The molecule has 1 saturated heterocycles. The number of nitrogens with zero attached hydrogens (tertiary/aromatic N) is 1. The van der Waals surface area contributed by atoms with Gasteiger partial charge in [0.25, 0.3) is 0 Å². The average Bonchev–Trinajstić information content (AvgIpc) is 2.03. The molecule has 0 aromatic heterocycles. The van der Waals surface area contributed by atoms with Crippen LogP contribution in [-0.4, -0.2) is 45.1 Å². The first-order valence-corrected chi connectivity index (χ1v) is 5.51. The Balaban J connectivity index is 2.13. The van der Waals surface area contributed by atoms with Crippen LogP contribution >= 0.6 is 0 Å². The lowest BCUT2D eigenvalue weighted by Crippen LogP contribution is -2.41. The quantitative estimate of drug-likeness (QED) is 0.599. The third kappa shape index (κ3) is 3.62. The van der Waals surface area contributed by atoms with Gasteiger partial charge < -0.3 is 15.2 Å². The molecular weight excluding hydrogens is 176 g/mol. The molecule has 0 bridgehead atoms. The van der Waals surface area contributed by atoms with Gasteiger partial charge in [-0.25, -0.2) is 4.21 Å². The highest BCUT2D eigenvalue weighted by Crippen LogP contribution is 2.07. The first kappa shape index (κ1) is 10.1. The predicted molar refractivity (Wildman–Crippen MR) is 49.3 cm³/mol. The molecule has 4 nitrogen and oxygen atoms in total. The number of hydrogen-bond donors (Lipinski definition) is 2. The number of hydrogen-bond acceptors (Lipinski definition) is 3. The van der Waals surface area contributed by atoms with E-state index < -0.39 is 11.1 Å². The summed E-state index contributed by atoms with van der Waals surface area (Å²) in [6.45, 7) is 2.66. The van der Waals surface area contributed by atoms with E-state index in [1.165, 1.54) is 0 Å². The van der Waals surface area contributed by atoms with Crippen molar-refractivity contribution in [1.29, 1.82) is 0 Å². The van der Waals surface area contributed by atoms with Crippen LogP contribution in [0.5, 0.6) is 0 Å². The normalized spacial score (nSPS) is 24.2. The van der Waals surface area contributed by atoms with E-state index in [0.29, 0.717) is 11.8 Å². The minimum absolute atomic E-state index is 0.334. The summed E-state index contributed by atoms with van der Waals surface area (Å²) in [5.41, 5.74) is 5.72. The van der Waals surface area contributed by atoms with Gasteiger partial charge in [0, 0.05) is 12.6 Å². The van der Waals surface area contributed by atoms with Crippen LogP contribution in [0.15, 0.2) is 0 Å². The zero-order chi connectivity index (χ0) is 8.97. The second-order valence-corrected chi connectivity index (χ2v) is 4.26. The number of nitrogens with two attached hydrogens (primary N) is 1. The highest BCUT2D eigenvalue weighted by molar-refractivity contribution is 7.79. The summed E-state index contributed by atoms with van der Waals surface area (Å²) in [7, 11) is 0. The maximum atomic E-state index is 10.4. The highest BCUT2D eigenvalue weighted by Gasteiger charge is 2.15. The lowest BCUT2D eigenvalue weighted by molar-refractivity contribution is 0.224.